The highest BCUT2D eigenvalue weighted by Gasteiger charge is 2.37. The number of halogens is 3. The molecule has 0 saturated carbocycles. The molecule has 0 radical (unpaired) electrons. The van der Waals surface area contributed by atoms with E-state index in [1.54, 1.807) is 0 Å². The van der Waals surface area contributed by atoms with Crippen molar-refractivity contribution in [1.82, 2.24) is 0 Å². The smallest absolute Gasteiger partial charge is 0.420 e. The first-order valence-electron chi connectivity index (χ1n) is 5.57. The first-order valence-corrected chi connectivity index (χ1v) is 7.05. The lowest BCUT2D eigenvalue weighted by atomic mass is 10.2. The highest BCUT2D eigenvalue weighted by Crippen LogP contribution is 2.42. The van der Waals surface area contributed by atoms with Crippen molar-refractivity contribution in [3.63, 3.8) is 0 Å². The van der Waals surface area contributed by atoms with Gasteiger partial charge in [-0.1, -0.05) is 18.2 Å². The lowest BCUT2D eigenvalue weighted by molar-refractivity contribution is -0.139. The lowest BCUT2D eigenvalue weighted by Gasteiger charge is -2.13. The molecule has 0 heterocycles. The largest absolute Gasteiger partial charge is 0.508 e. The van der Waals surface area contributed by atoms with Crippen molar-refractivity contribution in [3.05, 3.63) is 48.0 Å². The van der Waals surface area contributed by atoms with Crippen LogP contribution >= 0.6 is 0 Å². The van der Waals surface area contributed by atoms with Gasteiger partial charge >= 0.3 is 6.18 Å². The molecule has 8 heteroatoms. The van der Waals surface area contributed by atoms with Gasteiger partial charge in [-0.15, -0.1) is 0 Å². The Morgan fingerprint density at radius 3 is 2.05 bits per heavy atom. The molecule has 4 nitrogen and oxygen atoms in total. The number of sulfone groups is 1. The van der Waals surface area contributed by atoms with Gasteiger partial charge in [0.2, 0.25) is 9.84 Å². The maximum atomic E-state index is 12.7. The zero-order chi connectivity index (χ0) is 15.8. The number of phenolic OH excluding ortho intramolecular Hbond substituents is 2. The Kier molecular flexibility index (Phi) is 3.58. The Bertz CT molecular complexity index is 768. The van der Waals surface area contributed by atoms with Crippen LogP contribution in [0.3, 0.4) is 0 Å². The van der Waals surface area contributed by atoms with E-state index in [1.807, 2.05) is 0 Å². The van der Waals surface area contributed by atoms with E-state index in [4.69, 9.17) is 0 Å². The van der Waals surface area contributed by atoms with Crippen LogP contribution in [-0.2, 0) is 16.0 Å². The third kappa shape index (κ3) is 2.80. The van der Waals surface area contributed by atoms with E-state index < -0.39 is 38.0 Å². The predicted octanol–water partition coefficient (Wildman–Crippen LogP) is 2.95. The Hall–Kier alpha value is -2.22. The van der Waals surface area contributed by atoms with Crippen LogP contribution in [-0.4, -0.2) is 18.6 Å². The second kappa shape index (κ2) is 4.96. The summed E-state index contributed by atoms with van der Waals surface area (Å²) in [4.78, 5) is -1.29. The summed E-state index contributed by atoms with van der Waals surface area (Å²) in [6, 6.07) is 7.49. The van der Waals surface area contributed by atoms with Crippen LogP contribution in [0.2, 0.25) is 0 Å². The summed E-state index contributed by atoms with van der Waals surface area (Å²) in [5.74, 6) is -2.35. The first kappa shape index (κ1) is 15.2. The number of alkyl halides is 3. The van der Waals surface area contributed by atoms with E-state index in [2.05, 4.69) is 0 Å². The van der Waals surface area contributed by atoms with E-state index in [1.165, 1.54) is 30.3 Å². The molecule has 0 saturated heterocycles. The molecule has 0 unspecified atom stereocenters. The minimum Gasteiger partial charge on any atom is -0.508 e. The maximum Gasteiger partial charge on any atom is 0.420 e. The summed E-state index contributed by atoms with van der Waals surface area (Å²) in [6.45, 7) is 0. The molecule has 0 spiro atoms. The molecule has 2 aromatic rings. The molecular formula is C13H9F3O4S. The van der Waals surface area contributed by atoms with Crippen LogP contribution < -0.4 is 0 Å². The first-order chi connectivity index (χ1) is 9.64. The average Bonchev–Trinajstić information content (AvgIpc) is 2.40. The van der Waals surface area contributed by atoms with Crippen LogP contribution in [0.5, 0.6) is 11.5 Å². The molecule has 0 amide bonds. The minimum atomic E-state index is -5.00. The number of phenols is 2. The fraction of sp³-hybridized carbons (Fsp3) is 0.0769. The van der Waals surface area contributed by atoms with Crippen LogP contribution in [0.15, 0.2) is 52.3 Å². The molecule has 2 N–H and O–H groups in total. The Morgan fingerprint density at radius 2 is 1.52 bits per heavy atom. The van der Waals surface area contributed by atoms with Crippen molar-refractivity contribution in [1.29, 1.82) is 0 Å². The number of hydrogen-bond acceptors (Lipinski definition) is 4. The van der Waals surface area contributed by atoms with Gasteiger partial charge in [0.05, 0.1) is 4.90 Å². The van der Waals surface area contributed by atoms with E-state index >= 15 is 0 Å². The van der Waals surface area contributed by atoms with Gasteiger partial charge in [0.15, 0.2) is 0 Å². The van der Waals surface area contributed by atoms with E-state index in [0.717, 1.165) is 0 Å². The molecule has 0 fully saturated rings. The van der Waals surface area contributed by atoms with Gasteiger partial charge in [-0.2, -0.15) is 13.2 Å². The van der Waals surface area contributed by atoms with Gasteiger partial charge in [-0.25, -0.2) is 8.42 Å². The molecule has 0 aromatic heterocycles. The third-order valence-corrected chi connectivity index (χ3v) is 4.49. The lowest BCUT2D eigenvalue weighted by Crippen LogP contribution is -2.09. The van der Waals surface area contributed by atoms with Gasteiger partial charge < -0.3 is 10.2 Å². The molecule has 0 aliphatic heterocycles. The van der Waals surface area contributed by atoms with Gasteiger partial charge in [0, 0.05) is 6.07 Å². The summed E-state index contributed by atoms with van der Waals surface area (Å²) in [5, 5.41) is 19.0. The van der Waals surface area contributed by atoms with Gasteiger partial charge in [0.25, 0.3) is 0 Å². The molecule has 0 bridgehead atoms. The highest BCUT2D eigenvalue weighted by molar-refractivity contribution is 7.91. The SMILES string of the molecule is O=S(=O)(c1ccccc1)c1cc(O)cc(C(F)(F)F)c1O. The Morgan fingerprint density at radius 1 is 0.952 bits per heavy atom. The van der Waals surface area contributed by atoms with Crippen LogP contribution in [0.25, 0.3) is 0 Å². The summed E-state index contributed by atoms with van der Waals surface area (Å²) < 4.78 is 62.7. The van der Waals surface area contributed by atoms with Crippen molar-refractivity contribution in [2.75, 3.05) is 0 Å². The highest BCUT2D eigenvalue weighted by atomic mass is 32.2. The number of aromatic hydroxyl groups is 2. The quantitative estimate of drug-likeness (QED) is 0.835. The topological polar surface area (TPSA) is 74.6 Å². The summed E-state index contributed by atoms with van der Waals surface area (Å²) in [7, 11) is -4.38. The van der Waals surface area contributed by atoms with Crippen molar-refractivity contribution in [3.8, 4) is 11.5 Å². The van der Waals surface area contributed by atoms with Crippen LogP contribution in [0, 0.1) is 0 Å². The van der Waals surface area contributed by atoms with Crippen LogP contribution in [0.4, 0.5) is 13.2 Å². The number of rotatable bonds is 2. The monoisotopic (exact) mass is 318 g/mol. The van der Waals surface area contributed by atoms with E-state index in [0.29, 0.717) is 6.07 Å². The summed E-state index contributed by atoms with van der Waals surface area (Å²) in [5.41, 5.74) is -1.61. The molecule has 112 valence electrons. The van der Waals surface area contributed by atoms with Gasteiger partial charge in [-0.3, -0.25) is 0 Å². The Labute approximate surface area is 118 Å². The second-order valence-electron chi connectivity index (χ2n) is 4.15. The Balaban J connectivity index is 2.74. The molecule has 0 aliphatic carbocycles. The van der Waals surface area contributed by atoms with Gasteiger partial charge in [0.1, 0.15) is 22.0 Å². The fourth-order valence-electron chi connectivity index (χ4n) is 1.74. The molecule has 2 rings (SSSR count). The normalized spacial score (nSPS) is 12.3. The molecule has 0 atom stereocenters. The van der Waals surface area contributed by atoms with Crippen molar-refractivity contribution in [2.24, 2.45) is 0 Å². The van der Waals surface area contributed by atoms with E-state index in [9.17, 15) is 31.8 Å². The third-order valence-electron chi connectivity index (χ3n) is 2.71. The standard InChI is InChI=1S/C13H9F3O4S/c14-13(15,16)10-6-8(17)7-11(12(10)18)21(19,20)9-4-2-1-3-5-9/h1-7,17-18H. The van der Waals surface area contributed by atoms with Crippen molar-refractivity contribution < 1.29 is 31.8 Å². The molecule has 2 aromatic carbocycles. The molecule has 0 aliphatic rings. The van der Waals surface area contributed by atoms with Crippen molar-refractivity contribution >= 4 is 9.84 Å². The molecule has 21 heavy (non-hydrogen) atoms. The predicted molar refractivity (Wildman–Crippen MR) is 66.7 cm³/mol. The maximum absolute atomic E-state index is 12.7. The second-order valence-corrected chi connectivity index (χ2v) is 6.07. The fourth-order valence-corrected chi connectivity index (χ4v) is 3.15. The average molecular weight is 318 g/mol. The minimum absolute atomic E-state index is 0.263. The molecular weight excluding hydrogens is 309 g/mol. The number of hydrogen-bond donors (Lipinski definition) is 2. The van der Waals surface area contributed by atoms with E-state index in [-0.39, 0.29) is 11.0 Å². The van der Waals surface area contributed by atoms with Crippen LogP contribution in [0.1, 0.15) is 5.56 Å². The zero-order valence-electron chi connectivity index (χ0n) is 10.3. The zero-order valence-corrected chi connectivity index (χ0v) is 11.1. The van der Waals surface area contributed by atoms with Gasteiger partial charge in [-0.05, 0) is 18.2 Å². The van der Waals surface area contributed by atoms with Crippen molar-refractivity contribution in [2.45, 2.75) is 16.0 Å². The number of benzene rings is 2. The summed E-state index contributed by atoms with van der Waals surface area (Å²) >= 11 is 0. The summed E-state index contributed by atoms with van der Waals surface area (Å²) in [6.07, 6.45) is -5.00.